The van der Waals surface area contributed by atoms with Gasteiger partial charge in [-0.25, -0.2) is 0 Å². The van der Waals surface area contributed by atoms with Gasteiger partial charge in [0.1, 0.15) is 0 Å². The van der Waals surface area contributed by atoms with Crippen LogP contribution < -0.4 is 0 Å². The van der Waals surface area contributed by atoms with E-state index in [2.05, 4.69) is 19.7 Å². The average molecular weight is 142 g/mol. The van der Waals surface area contributed by atoms with E-state index in [9.17, 15) is 0 Å². The Morgan fingerprint density at radius 1 is 1.56 bits per heavy atom. The molecule has 0 aliphatic heterocycles. The van der Waals surface area contributed by atoms with Crippen LogP contribution in [-0.4, -0.2) is 0 Å². The van der Waals surface area contributed by atoms with Gasteiger partial charge in [-0.2, -0.15) is 5.26 Å². The van der Waals surface area contributed by atoms with Gasteiger partial charge in [-0.3, -0.25) is 0 Å². The standard InChI is InChI=1S/C4H5Cl.C3H3N/c1-3-4(2)5;1-2-3-4/h3H,1-2H2;2H,1H2. The SMILES string of the molecule is C=CC#N.C=CC(=C)Cl. The molecule has 0 atom stereocenters. The van der Waals surface area contributed by atoms with E-state index in [0.717, 1.165) is 0 Å². The lowest BCUT2D eigenvalue weighted by atomic mass is 10.6. The minimum atomic E-state index is 0.491. The molecule has 0 aromatic carbocycles. The quantitative estimate of drug-likeness (QED) is 0.407. The fraction of sp³-hybridized carbons (Fsp3) is 0. The molecule has 0 aliphatic rings. The molecule has 9 heavy (non-hydrogen) atoms. The van der Waals surface area contributed by atoms with Crippen LogP contribution in [-0.2, 0) is 0 Å². The highest BCUT2D eigenvalue weighted by atomic mass is 35.5. The summed E-state index contributed by atoms with van der Waals surface area (Å²) < 4.78 is 0. The molecular weight excluding hydrogens is 134 g/mol. The topological polar surface area (TPSA) is 23.8 Å². The predicted molar refractivity (Wildman–Crippen MR) is 41.0 cm³/mol. The van der Waals surface area contributed by atoms with Crippen molar-refractivity contribution in [1.82, 2.24) is 0 Å². The van der Waals surface area contributed by atoms with Gasteiger partial charge in [-0.1, -0.05) is 37.4 Å². The van der Waals surface area contributed by atoms with E-state index in [1.54, 1.807) is 6.07 Å². The molecule has 0 spiro atoms. The van der Waals surface area contributed by atoms with Crippen LogP contribution in [0.5, 0.6) is 0 Å². The number of nitrogens with zero attached hydrogens (tertiary/aromatic N) is 1. The van der Waals surface area contributed by atoms with Gasteiger partial charge < -0.3 is 0 Å². The molecule has 2 heteroatoms. The lowest BCUT2D eigenvalue weighted by Gasteiger charge is -1.67. The third kappa shape index (κ3) is 43.8. The van der Waals surface area contributed by atoms with Crippen LogP contribution in [0, 0.1) is 11.3 Å². The van der Waals surface area contributed by atoms with Gasteiger partial charge in [0.15, 0.2) is 0 Å². The van der Waals surface area contributed by atoms with E-state index in [-0.39, 0.29) is 0 Å². The molecule has 1 nitrogen and oxygen atoms in total. The van der Waals surface area contributed by atoms with Crippen molar-refractivity contribution in [3.8, 4) is 6.07 Å². The molecule has 0 aromatic heterocycles. The number of halogens is 1. The number of hydrogen-bond donors (Lipinski definition) is 0. The molecule has 0 fully saturated rings. The summed E-state index contributed by atoms with van der Waals surface area (Å²) in [6, 6.07) is 1.69. The van der Waals surface area contributed by atoms with Gasteiger partial charge in [-0.15, -0.1) is 0 Å². The first kappa shape index (κ1) is 10.9. The molecule has 0 amide bonds. The van der Waals surface area contributed by atoms with Crippen molar-refractivity contribution in [2.45, 2.75) is 0 Å². The van der Waals surface area contributed by atoms with E-state index in [1.165, 1.54) is 12.2 Å². The van der Waals surface area contributed by atoms with E-state index >= 15 is 0 Å². The number of hydrogen-bond acceptors (Lipinski definition) is 1. The third-order valence-corrected chi connectivity index (χ3v) is 0.467. The predicted octanol–water partition coefficient (Wildman–Crippen LogP) is 2.62. The van der Waals surface area contributed by atoms with Gasteiger partial charge in [0.05, 0.1) is 6.07 Å². The summed E-state index contributed by atoms with van der Waals surface area (Å²) in [4.78, 5) is 0. The largest absolute Gasteiger partial charge is 0.193 e. The Bertz CT molecular complexity index is 141. The minimum absolute atomic E-state index is 0.491. The van der Waals surface area contributed by atoms with Gasteiger partial charge in [0.2, 0.25) is 0 Å². The van der Waals surface area contributed by atoms with Crippen molar-refractivity contribution in [3.05, 3.63) is 36.9 Å². The second-order valence-electron chi connectivity index (χ2n) is 0.984. The maximum absolute atomic E-state index is 7.51. The zero-order chi connectivity index (χ0) is 7.70. The Balaban J connectivity index is 0. The first-order valence-corrected chi connectivity index (χ1v) is 2.54. The summed E-state index contributed by atoms with van der Waals surface area (Å²) >= 11 is 5.15. The minimum Gasteiger partial charge on any atom is -0.193 e. The first-order chi connectivity index (χ1) is 4.18. The fourth-order valence-electron chi connectivity index (χ4n) is 0. The molecule has 0 N–H and O–H groups in total. The molecule has 48 valence electrons. The summed E-state index contributed by atoms with van der Waals surface area (Å²) in [6.45, 7) is 9.77. The second kappa shape index (κ2) is 10.1. The van der Waals surface area contributed by atoms with Crippen LogP contribution in [0.15, 0.2) is 36.9 Å². The monoisotopic (exact) mass is 141 g/mol. The zero-order valence-corrected chi connectivity index (χ0v) is 5.86. The second-order valence-corrected chi connectivity index (χ2v) is 1.47. The van der Waals surface area contributed by atoms with Crippen LogP contribution in [0.1, 0.15) is 0 Å². The van der Waals surface area contributed by atoms with Crippen LogP contribution in [0.2, 0.25) is 0 Å². The van der Waals surface area contributed by atoms with Crippen molar-refractivity contribution in [3.63, 3.8) is 0 Å². The van der Waals surface area contributed by atoms with Crippen LogP contribution in [0.3, 0.4) is 0 Å². The Labute approximate surface area is 60.6 Å². The molecule has 0 unspecified atom stereocenters. The maximum Gasteiger partial charge on any atom is 0.0905 e. The van der Waals surface area contributed by atoms with Crippen molar-refractivity contribution in [1.29, 1.82) is 5.26 Å². The van der Waals surface area contributed by atoms with Crippen molar-refractivity contribution < 1.29 is 0 Å². The molecule has 0 radical (unpaired) electrons. The Hall–Kier alpha value is -1.00. The normalized spacial score (nSPS) is 5.33. The highest BCUT2D eigenvalue weighted by molar-refractivity contribution is 6.30. The molecule has 0 saturated carbocycles. The molecule has 0 saturated heterocycles. The van der Waals surface area contributed by atoms with Crippen molar-refractivity contribution in [2.24, 2.45) is 0 Å². The summed E-state index contributed by atoms with van der Waals surface area (Å²) in [5.74, 6) is 0. The van der Waals surface area contributed by atoms with Crippen molar-refractivity contribution >= 4 is 11.6 Å². The van der Waals surface area contributed by atoms with Gasteiger partial charge in [0.25, 0.3) is 0 Å². The van der Waals surface area contributed by atoms with Crippen LogP contribution in [0.4, 0.5) is 0 Å². The average Bonchev–Trinajstić information content (AvgIpc) is 1.89. The molecule has 0 aliphatic carbocycles. The Morgan fingerprint density at radius 2 is 1.78 bits per heavy atom. The van der Waals surface area contributed by atoms with E-state index in [1.807, 2.05) is 0 Å². The molecule has 0 bridgehead atoms. The molecule has 0 heterocycles. The van der Waals surface area contributed by atoms with Crippen molar-refractivity contribution in [2.75, 3.05) is 0 Å². The van der Waals surface area contributed by atoms with Gasteiger partial charge >= 0.3 is 0 Å². The fourth-order valence-corrected chi connectivity index (χ4v) is 0. The Kier molecular flexibility index (Phi) is 12.2. The summed E-state index contributed by atoms with van der Waals surface area (Å²) in [5.41, 5.74) is 0. The summed E-state index contributed by atoms with van der Waals surface area (Å²) in [7, 11) is 0. The molecule has 0 aromatic rings. The zero-order valence-electron chi connectivity index (χ0n) is 5.10. The van der Waals surface area contributed by atoms with E-state index in [0.29, 0.717) is 5.03 Å². The van der Waals surface area contributed by atoms with Gasteiger partial charge in [-0.05, 0) is 0 Å². The summed E-state index contributed by atoms with van der Waals surface area (Å²) in [5, 5.41) is 8.00. The summed E-state index contributed by atoms with van der Waals surface area (Å²) in [6.07, 6.45) is 2.67. The molecule has 0 rings (SSSR count). The van der Waals surface area contributed by atoms with Crippen LogP contribution >= 0.6 is 11.6 Å². The smallest absolute Gasteiger partial charge is 0.0905 e. The Morgan fingerprint density at radius 3 is 1.78 bits per heavy atom. The molecular formula is C7H8ClN. The lowest BCUT2D eigenvalue weighted by Crippen LogP contribution is -1.42. The number of nitriles is 1. The maximum atomic E-state index is 7.51. The highest BCUT2D eigenvalue weighted by Crippen LogP contribution is 1.92. The number of rotatable bonds is 1. The van der Waals surface area contributed by atoms with E-state index < -0.39 is 0 Å². The number of allylic oxidation sites excluding steroid dienone is 3. The lowest BCUT2D eigenvalue weighted by molar-refractivity contribution is 1.54. The van der Waals surface area contributed by atoms with Gasteiger partial charge in [0, 0.05) is 11.1 Å². The highest BCUT2D eigenvalue weighted by Gasteiger charge is 1.63. The first-order valence-electron chi connectivity index (χ1n) is 2.16. The van der Waals surface area contributed by atoms with E-state index in [4.69, 9.17) is 16.9 Å². The van der Waals surface area contributed by atoms with Crippen LogP contribution in [0.25, 0.3) is 0 Å². The third-order valence-electron chi connectivity index (χ3n) is 0.313.